The van der Waals surface area contributed by atoms with Gasteiger partial charge in [0, 0.05) is 17.6 Å². The molecule has 0 unspecified atom stereocenters. The lowest BCUT2D eigenvalue weighted by atomic mass is 10.1. The normalized spacial score (nSPS) is 20.9. The SMILES string of the molecule is CNC[C@H]1CCN(S(=O)(=O)c2cc(Br)ccc2C)C1. The number of sulfonamides is 1. The smallest absolute Gasteiger partial charge is 0.243 e. The first kappa shape index (κ1) is 15.0. The van der Waals surface area contributed by atoms with Crippen LogP contribution in [0.3, 0.4) is 0 Å². The Labute approximate surface area is 123 Å². The van der Waals surface area contributed by atoms with E-state index in [1.165, 1.54) is 0 Å². The Morgan fingerprint density at radius 2 is 2.21 bits per heavy atom. The van der Waals surface area contributed by atoms with Crippen molar-refractivity contribution in [3.05, 3.63) is 28.2 Å². The van der Waals surface area contributed by atoms with Crippen molar-refractivity contribution in [1.82, 2.24) is 9.62 Å². The predicted molar refractivity (Wildman–Crippen MR) is 79.7 cm³/mol. The molecule has 0 spiro atoms. The summed E-state index contributed by atoms with van der Waals surface area (Å²) < 4.78 is 27.7. The summed E-state index contributed by atoms with van der Waals surface area (Å²) >= 11 is 3.34. The van der Waals surface area contributed by atoms with Crippen molar-refractivity contribution in [3.63, 3.8) is 0 Å². The minimum Gasteiger partial charge on any atom is -0.319 e. The summed E-state index contributed by atoms with van der Waals surface area (Å²) in [6, 6.07) is 5.39. The summed E-state index contributed by atoms with van der Waals surface area (Å²) in [7, 11) is -1.47. The van der Waals surface area contributed by atoms with Crippen LogP contribution in [0.25, 0.3) is 0 Å². The number of aryl methyl sites for hydroxylation is 1. The number of rotatable bonds is 4. The van der Waals surface area contributed by atoms with Crippen molar-refractivity contribution in [2.75, 3.05) is 26.7 Å². The van der Waals surface area contributed by atoms with Crippen LogP contribution in [0.2, 0.25) is 0 Å². The van der Waals surface area contributed by atoms with Crippen LogP contribution in [0.4, 0.5) is 0 Å². The zero-order valence-electron chi connectivity index (χ0n) is 11.2. The molecule has 0 saturated carbocycles. The molecule has 106 valence electrons. The third-order valence-electron chi connectivity index (χ3n) is 3.51. The zero-order chi connectivity index (χ0) is 14.0. The number of hydrogen-bond acceptors (Lipinski definition) is 3. The summed E-state index contributed by atoms with van der Waals surface area (Å²) in [5, 5.41) is 3.11. The fourth-order valence-corrected chi connectivity index (χ4v) is 4.76. The molecule has 1 aromatic rings. The van der Waals surface area contributed by atoms with E-state index in [4.69, 9.17) is 0 Å². The molecule has 0 aliphatic carbocycles. The second kappa shape index (κ2) is 5.91. The molecule has 2 rings (SSSR count). The van der Waals surface area contributed by atoms with Gasteiger partial charge in [0.2, 0.25) is 10.0 Å². The largest absolute Gasteiger partial charge is 0.319 e. The van der Waals surface area contributed by atoms with Crippen molar-refractivity contribution >= 4 is 26.0 Å². The van der Waals surface area contributed by atoms with E-state index >= 15 is 0 Å². The molecule has 1 heterocycles. The molecule has 19 heavy (non-hydrogen) atoms. The maximum Gasteiger partial charge on any atom is 0.243 e. The first-order chi connectivity index (χ1) is 8.95. The Bertz CT molecular complexity index is 560. The van der Waals surface area contributed by atoms with Gasteiger partial charge in [0.25, 0.3) is 0 Å². The quantitative estimate of drug-likeness (QED) is 0.906. The van der Waals surface area contributed by atoms with Gasteiger partial charge in [-0.3, -0.25) is 0 Å². The average Bonchev–Trinajstić information content (AvgIpc) is 2.82. The lowest BCUT2D eigenvalue weighted by Gasteiger charge is -2.18. The van der Waals surface area contributed by atoms with Gasteiger partial charge < -0.3 is 5.32 Å². The summed E-state index contributed by atoms with van der Waals surface area (Å²) in [5.74, 6) is 0.409. The minimum absolute atomic E-state index is 0.409. The van der Waals surface area contributed by atoms with Crippen molar-refractivity contribution in [2.24, 2.45) is 5.92 Å². The van der Waals surface area contributed by atoms with Gasteiger partial charge in [-0.05, 0) is 50.6 Å². The lowest BCUT2D eigenvalue weighted by Crippen LogP contribution is -2.30. The van der Waals surface area contributed by atoms with Crippen LogP contribution in [-0.4, -0.2) is 39.4 Å². The molecule has 4 nitrogen and oxygen atoms in total. The topological polar surface area (TPSA) is 49.4 Å². The van der Waals surface area contributed by atoms with E-state index in [0.29, 0.717) is 23.9 Å². The van der Waals surface area contributed by atoms with Gasteiger partial charge in [-0.1, -0.05) is 22.0 Å². The second-order valence-electron chi connectivity index (χ2n) is 4.99. The molecule has 6 heteroatoms. The van der Waals surface area contributed by atoms with Crippen LogP contribution in [0, 0.1) is 12.8 Å². The zero-order valence-corrected chi connectivity index (χ0v) is 13.6. The molecule has 0 amide bonds. The van der Waals surface area contributed by atoms with E-state index in [1.807, 2.05) is 26.1 Å². The molecule has 1 fully saturated rings. The predicted octanol–water partition coefficient (Wildman–Crippen LogP) is 1.99. The summed E-state index contributed by atoms with van der Waals surface area (Å²) in [6.45, 7) is 3.92. The highest BCUT2D eigenvalue weighted by atomic mass is 79.9. The van der Waals surface area contributed by atoms with Gasteiger partial charge >= 0.3 is 0 Å². The first-order valence-electron chi connectivity index (χ1n) is 6.36. The Balaban J connectivity index is 2.26. The summed E-state index contributed by atoms with van der Waals surface area (Å²) in [4.78, 5) is 0.409. The second-order valence-corrected chi connectivity index (χ2v) is 7.81. The van der Waals surface area contributed by atoms with E-state index in [-0.39, 0.29) is 0 Å². The van der Waals surface area contributed by atoms with Gasteiger partial charge in [-0.15, -0.1) is 0 Å². The molecule has 0 aromatic heterocycles. The third kappa shape index (κ3) is 3.18. The Morgan fingerprint density at radius 3 is 2.89 bits per heavy atom. The van der Waals surface area contributed by atoms with Crippen LogP contribution in [0.15, 0.2) is 27.6 Å². The molecule has 1 aliphatic heterocycles. The molecule has 1 aromatic carbocycles. The van der Waals surface area contributed by atoms with Crippen LogP contribution < -0.4 is 5.32 Å². The lowest BCUT2D eigenvalue weighted by molar-refractivity contribution is 0.451. The van der Waals surface area contributed by atoms with Crippen molar-refractivity contribution in [2.45, 2.75) is 18.2 Å². The van der Waals surface area contributed by atoms with Crippen molar-refractivity contribution in [1.29, 1.82) is 0 Å². The van der Waals surface area contributed by atoms with Gasteiger partial charge in [0.15, 0.2) is 0 Å². The van der Waals surface area contributed by atoms with Crippen LogP contribution in [0.1, 0.15) is 12.0 Å². The molecule has 1 N–H and O–H groups in total. The number of benzene rings is 1. The maximum atomic E-state index is 12.6. The van der Waals surface area contributed by atoms with Gasteiger partial charge in [0.1, 0.15) is 0 Å². The average molecular weight is 347 g/mol. The Morgan fingerprint density at radius 1 is 1.47 bits per heavy atom. The molecule has 0 bridgehead atoms. The van der Waals surface area contributed by atoms with Gasteiger partial charge in [0.05, 0.1) is 4.90 Å². The van der Waals surface area contributed by atoms with Gasteiger partial charge in [-0.2, -0.15) is 4.31 Å². The molecular weight excluding hydrogens is 328 g/mol. The van der Waals surface area contributed by atoms with E-state index in [1.54, 1.807) is 10.4 Å². The number of hydrogen-bond donors (Lipinski definition) is 1. The molecule has 1 saturated heterocycles. The maximum absolute atomic E-state index is 12.6. The molecule has 0 radical (unpaired) electrons. The van der Waals surface area contributed by atoms with Crippen LogP contribution >= 0.6 is 15.9 Å². The van der Waals surface area contributed by atoms with Crippen LogP contribution in [0.5, 0.6) is 0 Å². The first-order valence-corrected chi connectivity index (χ1v) is 8.59. The van der Waals surface area contributed by atoms with E-state index in [9.17, 15) is 8.42 Å². The molecule has 1 aliphatic rings. The number of nitrogens with one attached hydrogen (secondary N) is 1. The van der Waals surface area contributed by atoms with Crippen molar-refractivity contribution < 1.29 is 8.42 Å². The standard InChI is InChI=1S/C13H19BrN2O2S/c1-10-3-4-12(14)7-13(10)19(17,18)16-6-5-11(9-16)8-15-2/h3-4,7,11,15H,5-6,8-9H2,1-2H3/t11-/m1/s1. The third-order valence-corrected chi connectivity index (χ3v) is 6.01. The fourth-order valence-electron chi connectivity index (χ4n) is 2.46. The highest BCUT2D eigenvalue weighted by molar-refractivity contribution is 9.10. The summed E-state index contributed by atoms with van der Waals surface area (Å²) in [6.07, 6.45) is 0.924. The van der Waals surface area contributed by atoms with Crippen molar-refractivity contribution in [3.8, 4) is 0 Å². The minimum atomic E-state index is -3.37. The van der Waals surface area contributed by atoms with E-state index in [2.05, 4.69) is 21.2 Å². The number of halogens is 1. The van der Waals surface area contributed by atoms with Gasteiger partial charge in [-0.25, -0.2) is 8.42 Å². The number of nitrogens with zero attached hydrogens (tertiary/aromatic N) is 1. The monoisotopic (exact) mass is 346 g/mol. The van der Waals surface area contributed by atoms with E-state index in [0.717, 1.165) is 23.0 Å². The highest BCUT2D eigenvalue weighted by Gasteiger charge is 2.33. The Kier molecular flexibility index (Phi) is 4.66. The molecule has 1 atom stereocenters. The Hall–Kier alpha value is -0.430. The molecular formula is C13H19BrN2O2S. The van der Waals surface area contributed by atoms with E-state index < -0.39 is 10.0 Å². The van der Waals surface area contributed by atoms with Crippen LogP contribution in [-0.2, 0) is 10.0 Å². The fraction of sp³-hybridized carbons (Fsp3) is 0.538. The summed E-state index contributed by atoms with van der Waals surface area (Å²) in [5.41, 5.74) is 0.792. The highest BCUT2D eigenvalue weighted by Crippen LogP contribution is 2.27.